The Balaban J connectivity index is 2.06. The fraction of sp³-hybridized carbons (Fsp3) is 0.222. The molecule has 0 bridgehead atoms. The fourth-order valence-electron chi connectivity index (χ4n) is 2.88. The van der Waals surface area contributed by atoms with Gasteiger partial charge in [0.2, 0.25) is 0 Å². The molecule has 2 aromatic carbocycles. The van der Waals surface area contributed by atoms with Crippen molar-refractivity contribution in [1.82, 2.24) is 0 Å². The van der Waals surface area contributed by atoms with Gasteiger partial charge in [-0.1, -0.05) is 5.16 Å². The van der Waals surface area contributed by atoms with Gasteiger partial charge in [-0.25, -0.2) is 0 Å². The molecule has 0 aliphatic carbocycles. The van der Waals surface area contributed by atoms with Gasteiger partial charge in [0.25, 0.3) is 5.91 Å². The van der Waals surface area contributed by atoms with Gasteiger partial charge in [0.05, 0.1) is 32.0 Å². The quantitative estimate of drug-likeness (QED) is 0.652. The Bertz CT molecular complexity index is 903. The minimum Gasteiger partial charge on any atom is -0.497 e. The number of carbonyl (C=O) groups is 1. The molecule has 1 aliphatic heterocycles. The SMILES string of the molecule is COc1cc(CN2C(=O)/C(=N\O)c3ccc(C(F)(F)F)cc32)cc(OC)c1. The molecule has 1 heterocycles. The predicted octanol–water partition coefficient (Wildman–Crippen LogP) is 3.45. The van der Waals surface area contributed by atoms with Crippen molar-refractivity contribution in [3.05, 3.63) is 53.1 Å². The van der Waals surface area contributed by atoms with Crippen LogP contribution >= 0.6 is 0 Å². The van der Waals surface area contributed by atoms with Crippen molar-refractivity contribution in [1.29, 1.82) is 0 Å². The van der Waals surface area contributed by atoms with Gasteiger partial charge in [-0.05, 0) is 35.9 Å². The summed E-state index contributed by atoms with van der Waals surface area (Å²) < 4.78 is 49.5. The Morgan fingerprint density at radius 2 is 1.70 bits per heavy atom. The molecule has 6 nitrogen and oxygen atoms in total. The third-order valence-corrected chi connectivity index (χ3v) is 4.17. The number of ether oxygens (including phenoxy) is 2. The van der Waals surface area contributed by atoms with Crippen LogP contribution in [-0.2, 0) is 17.5 Å². The largest absolute Gasteiger partial charge is 0.497 e. The standard InChI is InChI=1S/C18H15F3N2O4/c1-26-12-5-10(6-13(8-12)27-2)9-23-15-7-11(18(19,20)21)3-4-14(15)16(22-25)17(23)24/h3-8,25H,9H2,1-2H3/b22-16-. The van der Waals surface area contributed by atoms with E-state index in [1.807, 2.05) is 0 Å². The topological polar surface area (TPSA) is 71.4 Å². The van der Waals surface area contributed by atoms with E-state index >= 15 is 0 Å². The van der Waals surface area contributed by atoms with Crippen LogP contribution in [0.1, 0.15) is 16.7 Å². The van der Waals surface area contributed by atoms with Gasteiger partial charge in [0.15, 0.2) is 5.71 Å². The number of oxime groups is 1. The summed E-state index contributed by atoms with van der Waals surface area (Å²) in [5.74, 6) is 0.237. The molecular weight excluding hydrogens is 365 g/mol. The minimum atomic E-state index is -4.57. The first-order chi connectivity index (χ1) is 12.8. The first kappa shape index (κ1) is 18.6. The van der Waals surface area contributed by atoms with Gasteiger partial charge >= 0.3 is 6.18 Å². The number of amides is 1. The monoisotopic (exact) mass is 380 g/mol. The summed E-state index contributed by atoms with van der Waals surface area (Å²) >= 11 is 0. The molecule has 0 unspecified atom stereocenters. The fourth-order valence-corrected chi connectivity index (χ4v) is 2.88. The highest BCUT2D eigenvalue weighted by Crippen LogP contribution is 2.38. The molecule has 0 atom stereocenters. The van der Waals surface area contributed by atoms with Crippen LogP contribution in [0.15, 0.2) is 41.6 Å². The van der Waals surface area contributed by atoms with E-state index in [9.17, 15) is 18.0 Å². The van der Waals surface area contributed by atoms with Crippen molar-refractivity contribution in [2.24, 2.45) is 5.16 Å². The number of halogens is 3. The van der Waals surface area contributed by atoms with Crippen LogP contribution in [0.3, 0.4) is 0 Å². The van der Waals surface area contributed by atoms with Gasteiger partial charge in [0, 0.05) is 11.6 Å². The van der Waals surface area contributed by atoms with Gasteiger partial charge in [-0.15, -0.1) is 0 Å². The Morgan fingerprint density at radius 3 is 2.22 bits per heavy atom. The zero-order valence-electron chi connectivity index (χ0n) is 14.4. The lowest BCUT2D eigenvalue weighted by molar-refractivity contribution is -0.137. The van der Waals surface area contributed by atoms with Crippen LogP contribution in [0.25, 0.3) is 0 Å². The summed E-state index contributed by atoms with van der Waals surface area (Å²) in [5.41, 5.74) is -0.494. The van der Waals surface area contributed by atoms with Gasteiger partial charge in [0.1, 0.15) is 11.5 Å². The van der Waals surface area contributed by atoms with E-state index in [1.165, 1.54) is 14.2 Å². The van der Waals surface area contributed by atoms with Crippen LogP contribution in [-0.4, -0.2) is 31.0 Å². The molecule has 1 N–H and O–H groups in total. The molecule has 27 heavy (non-hydrogen) atoms. The summed E-state index contributed by atoms with van der Waals surface area (Å²) in [6.07, 6.45) is -4.57. The highest BCUT2D eigenvalue weighted by molar-refractivity contribution is 6.54. The number of methoxy groups -OCH3 is 2. The number of fused-ring (bicyclic) bond motifs is 1. The van der Waals surface area contributed by atoms with Gasteiger partial charge in [-0.3, -0.25) is 4.79 Å². The summed E-state index contributed by atoms with van der Waals surface area (Å²) in [4.78, 5) is 13.7. The molecule has 0 aromatic heterocycles. The van der Waals surface area contributed by atoms with Crippen molar-refractivity contribution in [3.8, 4) is 11.5 Å². The zero-order valence-corrected chi connectivity index (χ0v) is 14.4. The minimum absolute atomic E-state index is 0.0180. The summed E-state index contributed by atoms with van der Waals surface area (Å²) in [5, 5.41) is 12.1. The second-order valence-corrected chi connectivity index (χ2v) is 5.79. The lowest BCUT2D eigenvalue weighted by atomic mass is 10.1. The predicted molar refractivity (Wildman–Crippen MR) is 90.5 cm³/mol. The molecule has 2 aromatic rings. The summed E-state index contributed by atoms with van der Waals surface area (Å²) in [6.45, 7) is -0.0558. The molecule has 1 amide bonds. The third-order valence-electron chi connectivity index (χ3n) is 4.17. The Labute approximate surface area is 152 Å². The number of carbonyl (C=O) groups excluding carboxylic acids is 1. The smallest absolute Gasteiger partial charge is 0.416 e. The molecule has 0 spiro atoms. The first-order valence-corrected chi connectivity index (χ1v) is 7.76. The van der Waals surface area contributed by atoms with E-state index in [-0.39, 0.29) is 23.5 Å². The lowest BCUT2D eigenvalue weighted by Crippen LogP contribution is -2.29. The zero-order chi connectivity index (χ0) is 19.8. The van der Waals surface area contributed by atoms with Crippen LogP contribution in [0.4, 0.5) is 18.9 Å². The molecule has 0 fully saturated rings. The Hall–Kier alpha value is -3.23. The highest BCUT2D eigenvalue weighted by atomic mass is 19.4. The lowest BCUT2D eigenvalue weighted by Gasteiger charge is -2.19. The van der Waals surface area contributed by atoms with Crippen molar-refractivity contribution in [2.45, 2.75) is 12.7 Å². The number of hydrogen-bond acceptors (Lipinski definition) is 5. The second-order valence-electron chi connectivity index (χ2n) is 5.79. The maximum Gasteiger partial charge on any atom is 0.416 e. The van der Waals surface area contributed by atoms with Crippen molar-refractivity contribution < 1.29 is 32.6 Å². The highest BCUT2D eigenvalue weighted by Gasteiger charge is 2.38. The van der Waals surface area contributed by atoms with E-state index in [2.05, 4.69) is 5.16 Å². The number of hydrogen-bond donors (Lipinski definition) is 1. The van der Waals surface area contributed by atoms with Crippen LogP contribution < -0.4 is 14.4 Å². The van der Waals surface area contributed by atoms with E-state index in [0.717, 1.165) is 23.1 Å². The second kappa shape index (κ2) is 6.82. The maximum absolute atomic E-state index is 13.1. The maximum atomic E-state index is 13.1. The molecule has 0 saturated carbocycles. The van der Waals surface area contributed by atoms with E-state index in [1.54, 1.807) is 18.2 Å². The van der Waals surface area contributed by atoms with Crippen molar-refractivity contribution in [2.75, 3.05) is 19.1 Å². The van der Waals surface area contributed by atoms with E-state index in [4.69, 9.17) is 14.7 Å². The van der Waals surface area contributed by atoms with Crippen molar-refractivity contribution >= 4 is 17.3 Å². The Morgan fingerprint density at radius 1 is 1.07 bits per heavy atom. The van der Waals surface area contributed by atoms with Crippen LogP contribution in [0.2, 0.25) is 0 Å². The van der Waals surface area contributed by atoms with Gasteiger partial charge in [-0.2, -0.15) is 13.2 Å². The molecule has 1 aliphatic rings. The average Bonchev–Trinajstić information content (AvgIpc) is 2.91. The average molecular weight is 380 g/mol. The number of benzene rings is 2. The third kappa shape index (κ3) is 3.40. The summed E-state index contributed by atoms with van der Waals surface area (Å²) in [7, 11) is 2.92. The number of alkyl halides is 3. The van der Waals surface area contributed by atoms with Crippen LogP contribution in [0.5, 0.6) is 11.5 Å². The normalized spacial score (nSPS) is 15.2. The van der Waals surface area contributed by atoms with E-state index in [0.29, 0.717) is 17.1 Å². The number of rotatable bonds is 4. The molecule has 142 valence electrons. The molecule has 3 rings (SSSR count). The first-order valence-electron chi connectivity index (χ1n) is 7.76. The van der Waals surface area contributed by atoms with Gasteiger partial charge < -0.3 is 19.6 Å². The molecule has 0 radical (unpaired) electrons. The summed E-state index contributed by atoms with van der Waals surface area (Å²) in [6, 6.07) is 7.73. The van der Waals surface area contributed by atoms with Crippen molar-refractivity contribution in [3.63, 3.8) is 0 Å². The molecule has 0 saturated heterocycles. The van der Waals surface area contributed by atoms with E-state index < -0.39 is 17.6 Å². The number of nitrogens with zero attached hydrogens (tertiary/aromatic N) is 2. The number of anilines is 1. The Kier molecular flexibility index (Phi) is 4.69. The van der Waals surface area contributed by atoms with Crippen LogP contribution in [0, 0.1) is 0 Å². The molecular formula is C18H15F3N2O4. The molecule has 9 heteroatoms.